The van der Waals surface area contributed by atoms with Crippen LogP contribution in [0.1, 0.15) is 58.4 Å². The largest absolute Gasteiger partial charge is 0.813 e. The van der Waals surface area contributed by atoms with Crippen molar-refractivity contribution in [2.75, 3.05) is 51.7 Å². The van der Waals surface area contributed by atoms with E-state index in [4.69, 9.17) is 38.6 Å². The second kappa shape index (κ2) is 16.8. The molecule has 4 saturated heterocycles. The molecule has 2 aromatic carbocycles. The summed E-state index contributed by atoms with van der Waals surface area (Å²) in [6.45, 7) is 7.17. The molecule has 2 bridgehead atoms. The molecule has 0 spiro atoms. The van der Waals surface area contributed by atoms with Crippen LogP contribution in [0, 0.1) is 21.0 Å². The predicted octanol–water partition coefficient (Wildman–Crippen LogP) is 5.68. The minimum absolute atomic E-state index is 0. The average molecular weight is 1040 g/mol. The summed E-state index contributed by atoms with van der Waals surface area (Å²) in [5.74, 6) is 2.38. The fourth-order valence-corrected chi connectivity index (χ4v) is 10.1. The van der Waals surface area contributed by atoms with Gasteiger partial charge in [0.2, 0.25) is 0 Å². The van der Waals surface area contributed by atoms with Crippen LogP contribution >= 0.6 is 9.90 Å². The average Bonchev–Trinajstić information content (AvgIpc) is 3.78. The molecule has 9 rings (SSSR count). The minimum atomic E-state index is -0.965. The number of pyridine rings is 1. The number of alkyl halides is 1. The number of amides is 1. The van der Waals surface area contributed by atoms with Crippen molar-refractivity contribution in [2.24, 2.45) is 0 Å². The zero-order valence-corrected chi connectivity index (χ0v) is 40.2. The van der Waals surface area contributed by atoms with E-state index < -0.39 is 41.1 Å². The summed E-state index contributed by atoms with van der Waals surface area (Å²) in [5.41, 5.74) is -1.11. The number of hydrogen-bond donors (Lipinski definition) is 0. The predicted molar refractivity (Wildman–Crippen MR) is 225 cm³/mol. The normalized spacial score (nSPS) is 24.2. The number of thiol groups is 1. The van der Waals surface area contributed by atoms with Crippen molar-refractivity contribution in [1.29, 1.82) is 0 Å². The Morgan fingerprint density at radius 2 is 1.90 bits per heavy atom. The van der Waals surface area contributed by atoms with Crippen LogP contribution in [-0.4, -0.2) is 139 Å². The second-order valence-corrected chi connectivity index (χ2v) is 17.6. The number of hydrogen-bond acceptors (Lipinski definition) is 12. The topological polar surface area (TPSA) is 112 Å². The minimum Gasteiger partial charge on any atom is -0.813 e. The molecule has 6 atom stereocenters. The molecule has 0 saturated carbocycles. The van der Waals surface area contributed by atoms with E-state index in [2.05, 4.69) is 19.2 Å². The Morgan fingerprint density at radius 3 is 2.66 bits per heavy atom. The van der Waals surface area contributed by atoms with E-state index in [0.29, 0.717) is 48.3 Å². The summed E-state index contributed by atoms with van der Waals surface area (Å²) in [6, 6.07) is 5.26. The number of fused-ring (bicyclic) bond motifs is 7. The van der Waals surface area contributed by atoms with Gasteiger partial charge in [0.25, 0.3) is 0 Å². The Kier molecular flexibility index (Phi) is 12.5. The van der Waals surface area contributed by atoms with Crippen LogP contribution in [0.15, 0.2) is 24.3 Å². The van der Waals surface area contributed by atoms with E-state index in [1.807, 2.05) is 25.7 Å². The second-order valence-electron chi connectivity index (χ2n) is 16.5. The number of carbonyl (C=O) groups excluding carboxylic acids is 1. The van der Waals surface area contributed by atoms with Gasteiger partial charge in [0, 0.05) is 13.0 Å². The molecule has 59 heavy (non-hydrogen) atoms. The number of rotatable bonds is 7. The van der Waals surface area contributed by atoms with Crippen molar-refractivity contribution in [1.82, 2.24) is 24.8 Å². The van der Waals surface area contributed by atoms with Gasteiger partial charge in [-0.1, -0.05) is 0 Å². The molecular formula is C41H46F3N6O6PSTl-. The van der Waals surface area contributed by atoms with Crippen LogP contribution < -0.4 is 19.1 Å². The van der Waals surface area contributed by atoms with Gasteiger partial charge in [-0.05, 0) is 53.0 Å². The van der Waals surface area contributed by atoms with Gasteiger partial charge in [-0.25, -0.2) is 9.18 Å². The zero-order valence-electron chi connectivity index (χ0n) is 33.4. The van der Waals surface area contributed by atoms with Gasteiger partial charge in [0.15, 0.2) is 0 Å². The first-order chi connectivity index (χ1) is 27.4. The molecule has 4 fully saturated rings. The van der Waals surface area contributed by atoms with Crippen LogP contribution in [0.4, 0.5) is 23.8 Å². The van der Waals surface area contributed by atoms with Crippen molar-refractivity contribution in [3.63, 3.8) is 0 Å². The van der Waals surface area contributed by atoms with E-state index in [0.717, 1.165) is 25.8 Å². The van der Waals surface area contributed by atoms with E-state index in [1.165, 1.54) is 13.2 Å². The molecule has 5 aliphatic rings. The van der Waals surface area contributed by atoms with Crippen LogP contribution in [0.25, 0.3) is 32.9 Å². The van der Waals surface area contributed by atoms with Gasteiger partial charge in [-0.3, -0.25) is 9.80 Å². The molecule has 0 N–H and O–H groups in total. The first kappa shape index (κ1) is 43.7. The number of nitrogens with zero attached hydrogens (tertiary/aromatic N) is 6. The summed E-state index contributed by atoms with van der Waals surface area (Å²) in [4.78, 5) is 34.1. The number of halogens is 3. The summed E-state index contributed by atoms with van der Waals surface area (Å²) in [6.07, 6.45) is 2.11. The van der Waals surface area contributed by atoms with Gasteiger partial charge >= 0.3 is 232 Å². The molecule has 1 unspecified atom stereocenters. The third-order valence-corrected chi connectivity index (χ3v) is 12.4. The molecule has 1 amide bonds. The standard InChI is InChI=1S/C41H42F3N6O6.H3P.H2S.Tl/c1-6-26-28(43)10-8-22-14-25(55-21-52-5)15-27(31(22)26)34-33(44)35-32-36(47-38(46-35)54-20-41-12-7-13-48(41)17-23(42)16-41)49-18-24-9-11-29(30(49)19-53-37(32)45-34)50(24)39(51)56-40(2,3)4;;;/h8,10,14-15,23-24,29-30H,7,9,11-13,16-21H2,2-5H3;1H3;1H2;/p-1/t23-,24+,29-,30+,41+;;;/m0.../s1. The zero-order chi connectivity index (χ0) is 39.8. The number of aromatic nitrogens is 3. The Bertz CT molecular complexity index is 2370. The fraction of sp³-hybridized carbons (Fsp3) is 0.512. The van der Waals surface area contributed by atoms with Gasteiger partial charge in [0.05, 0.1) is 11.6 Å². The molecular weight excluding hydrogens is 997 g/mol. The molecule has 312 valence electrons. The summed E-state index contributed by atoms with van der Waals surface area (Å²) in [7, 11) is 1.49. The van der Waals surface area contributed by atoms with Crippen molar-refractivity contribution in [3.05, 3.63) is 41.5 Å². The molecule has 18 heteroatoms. The molecule has 7 heterocycles. The maximum absolute atomic E-state index is 17.6. The Hall–Kier alpha value is -3.37. The van der Waals surface area contributed by atoms with Crippen LogP contribution in [0.2, 0.25) is 0 Å². The smallest absolute Gasteiger partial charge is 0.153 e. The third kappa shape index (κ3) is 7.76. The van der Waals surface area contributed by atoms with Crippen molar-refractivity contribution < 1.29 is 41.7 Å². The third-order valence-electron chi connectivity index (χ3n) is 11.8. The maximum Gasteiger partial charge on any atom is -0.153 e. The number of piperazine rings is 1. The van der Waals surface area contributed by atoms with Crippen LogP contribution in [-0.2, 0) is 23.0 Å². The molecule has 12 nitrogen and oxygen atoms in total. The van der Waals surface area contributed by atoms with Gasteiger partial charge in [0.1, 0.15) is 11.8 Å². The molecule has 0 radical (unpaired) electrons. The van der Waals surface area contributed by atoms with E-state index in [-0.39, 0.29) is 121 Å². The molecule has 4 aromatic rings. The van der Waals surface area contributed by atoms with Gasteiger partial charge < -0.3 is 18.2 Å². The van der Waals surface area contributed by atoms with E-state index in [9.17, 15) is 9.18 Å². The number of ether oxygens (including phenoxy) is 5. The summed E-state index contributed by atoms with van der Waals surface area (Å²) in [5, 5.41) is 1.17. The number of methoxy groups -OCH3 is 1. The van der Waals surface area contributed by atoms with E-state index >= 15 is 8.78 Å². The first-order valence-electron chi connectivity index (χ1n) is 19.3. The Labute approximate surface area is 366 Å². The number of anilines is 1. The van der Waals surface area contributed by atoms with Crippen molar-refractivity contribution >= 4 is 82.7 Å². The number of benzene rings is 2. The van der Waals surface area contributed by atoms with Crippen molar-refractivity contribution in [3.8, 4) is 38.3 Å². The first-order valence-corrected chi connectivity index (χ1v) is 21.6. The van der Waals surface area contributed by atoms with Crippen LogP contribution in [0.3, 0.4) is 0 Å². The Morgan fingerprint density at radius 1 is 1.08 bits per heavy atom. The van der Waals surface area contributed by atoms with Gasteiger partial charge in [-0.2, -0.15) is 9.90 Å². The monoisotopic (exact) mass is 1040 g/mol. The van der Waals surface area contributed by atoms with Crippen molar-refractivity contribution in [2.45, 2.75) is 88.3 Å². The molecule has 5 aliphatic heterocycles. The number of carbonyl (C=O) groups is 1. The quantitative estimate of drug-likeness (QED) is 0.0568. The van der Waals surface area contributed by atoms with E-state index in [1.54, 1.807) is 18.2 Å². The van der Waals surface area contributed by atoms with Crippen LogP contribution in [0.5, 0.6) is 17.6 Å². The Balaban J connectivity index is 0.00000264. The molecule has 0 aliphatic carbocycles. The maximum atomic E-state index is 17.6. The van der Waals surface area contributed by atoms with Gasteiger partial charge in [-0.15, -0.1) is 0 Å². The summed E-state index contributed by atoms with van der Waals surface area (Å²) >= 11 is 0.263. The molecule has 2 aromatic heterocycles. The fourth-order valence-electron chi connectivity index (χ4n) is 9.56. The SMILES string of the molecule is COCOc1cc(-c2nc3c4c(nc(OC[C@]56CCCN5C[C@@H](F)C6)nc4c2F)N2C[C@H]4CC[C@@H]([C@H]2CO3)N4C(=O)OC(C)(C)C)c2c(C#[C][Tl])c(F)ccc2c1.P.[SH-]. The summed E-state index contributed by atoms with van der Waals surface area (Å²) < 4.78 is 80.7.